The summed E-state index contributed by atoms with van der Waals surface area (Å²) in [5, 5.41) is 2.58. The van der Waals surface area contributed by atoms with Crippen LogP contribution in [0.25, 0.3) is 0 Å². The Balaban J connectivity index is 2.88. The van der Waals surface area contributed by atoms with Crippen molar-refractivity contribution in [1.82, 2.24) is 0 Å². The molecule has 1 rings (SSSR count). The van der Waals surface area contributed by atoms with Crippen LogP contribution in [0.1, 0.15) is 13.3 Å². The van der Waals surface area contributed by atoms with E-state index in [4.69, 9.17) is 18.9 Å². The highest BCUT2D eigenvalue weighted by molar-refractivity contribution is 6.02. The number of carbonyl (C=O) groups excluding carboxylic acids is 2. The molecule has 1 aromatic rings. The normalized spacial score (nSPS) is 9.71. The lowest BCUT2D eigenvalue weighted by Crippen LogP contribution is -2.18. The first-order chi connectivity index (χ1) is 10.0. The Kier molecular flexibility index (Phi) is 6.32. The molecule has 7 nitrogen and oxygen atoms in total. The van der Waals surface area contributed by atoms with E-state index in [2.05, 4.69) is 5.32 Å². The van der Waals surface area contributed by atoms with Crippen LogP contribution < -0.4 is 19.5 Å². The molecule has 0 aliphatic heterocycles. The van der Waals surface area contributed by atoms with Gasteiger partial charge in [0.25, 0.3) is 0 Å². The molecular weight excluding hydrogens is 278 g/mol. The number of benzene rings is 1. The first kappa shape index (κ1) is 16.6. The van der Waals surface area contributed by atoms with Gasteiger partial charge in [0.15, 0.2) is 11.5 Å². The third-order valence-electron chi connectivity index (χ3n) is 2.56. The van der Waals surface area contributed by atoms with Crippen LogP contribution >= 0.6 is 0 Å². The molecule has 0 aromatic heterocycles. The molecule has 1 N–H and O–H groups in total. The number of carbonyl (C=O) groups is 2. The predicted octanol–water partition coefficient (Wildman–Crippen LogP) is 1.60. The minimum atomic E-state index is -0.581. The summed E-state index contributed by atoms with van der Waals surface area (Å²) < 4.78 is 20.2. The van der Waals surface area contributed by atoms with E-state index >= 15 is 0 Å². The summed E-state index contributed by atoms with van der Waals surface area (Å²) in [6.45, 7) is 1.91. The Hall–Kier alpha value is -2.44. The molecule has 21 heavy (non-hydrogen) atoms. The third kappa shape index (κ3) is 4.55. The van der Waals surface area contributed by atoms with Crippen molar-refractivity contribution in [3.05, 3.63) is 12.1 Å². The lowest BCUT2D eigenvalue weighted by Gasteiger charge is -2.14. The quantitative estimate of drug-likeness (QED) is 0.608. The number of ether oxygens (including phenoxy) is 4. The van der Waals surface area contributed by atoms with E-state index in [-0.39, 0.29) is 13.0 Å². The van der Waals surface area contributed by atoms with Gasteiger partial charge in [0.2, 0.25) is 11.7 Å². The lowest BCUT2D eigenvalue weighted by atomic mass is 10.2. The number of esters is 1. The van der Waals surface area contributed by atoms with Gasteiger partial charge in [-0.05, 0) is 6.92 Å². The molecule has 7 heteroatoms. The monoisotopic (exact) mass is 297 g/mol. The van der Waals surface area contributed by atoms with E-state index in [1.807, 2.05) is 0 Å². The minimum Gasteiger partial charge on any atom is -0.493 e. The van der Waals surface area contributed by atoms with Crippen LogP contribution in [0.4, 0.5) is 5.69 Å². The lowest BCUT2D eigenvalue weighted by molar-refractivity contribution is -0.145. The van der Waals surface area contributed by atoms with Gasteiger partial charge in [-0.25, -0.2) is 0 Å². The van der Waals surface area contributed by atoms with E-state index in [0.29, 0.717) is 22.9 Å². The standard InChI is InChI=1S/C14H19NO6/c1-5-21-13(17)8-12(16)15-9-6-10(18-2)14(20-4)11(7-9)19-3/h6-7H,5,8H2,1-4H3,(H,15,16). The smallest absolute Gasteiger partial charge is 0.315 e. The number of rotatable bonds is 7. The fourth-order valence-corrected chi connectivity index (χ4v) is 1.70. The number of nitrogens with one attached hydrogen (secondary N) is 1. The average Bonchev–Trinajstić information content (AvgIpc) is 2.45. The van der Waals surface area contributed by atoms with Crippen LogP contribution in [-0.2, 0) is 14.3 Å². The summed E-state index contributed by atoms with van der Waals surface area (Å²) in [7, 11) is 4.43. The van der Waals surface area contributed by atoms with Gasteiger partial charge in [-0.3, -0.25) is 9.59 Å². The van der Waals surface area contributed by atoms with Gasteiger partial charge >= 0.3 is 5.97 Å². The molecular formula is C14H19NO6. The fourth-order valence-electron chi connectivity index (χ4n) is 1.70. The molecule has 0 fully saturated rings. The molecule has 0 aliphatic rings. The maximum absolute atomic E-state index is 11.7. The molecule has 0 spiro atoms. The van der Waals surface area contributed by atoms with Crippen LogP contribution in [0.2, 0.25) is 0 Å². The molecule has 0 radical (unpaired) electrons. The van der Waals surface area contributed by atoms with E-state index in [1.54, 1.807) is 19.1 Å². The second-order valence-corrected chi connectivity index (χ2v) is 3.94. The molecule has 0 aliphatic carbocycles. The number of hydrogen-bond acceptors (Lipinski definition) is 6. The van der Waals surface area contributed by atoms with Gasteiger partial charge < -0.3 is 24.3 Å². The molecule has 0 saturated carbocycles. The number of amides is 1. The van der Waals surface area contributed by atoms with E-state index in [0.717, 1.165) is 0 Å². The SMILES string of the molecule is CCOC(=O)CC(=O)Nc1cc(OC)c(OC)c(OC)c1. The van der Waals surface area contributed by atoms with Gasteiger partial charge in [-0.15, -0.1) is 0 Å². The second kappa shape index (κ2) is 7.98. The summed E-state index contributed by atoms with van der Waals surface area (Å²) in [5.41, 5.74) is 0.429. The highest BCUT2D eigenvalue weighted by Crippen LogP contribution is 2.39. The molecule has 1 aromatic carbocycles. The maximum Gasteiger partial charge on any atom is 0.315 e. The molecule has 1 amide bonds. The van der Waals surface area contributed by atoms with Crippen LogP contribution in [0.15, 0.2) is 12.1 Å². The average molecular weight is 297 g/mol. The molecule has 0 bridgehead atoms. The van der Waals surface area contributed by atoms with Gasteiger partial charge in [0.05, 0.1) is 27.9 Å². The van der Waals surface area contributed by atoms with Gasteiger partial charge in [0.1, 0.15) is 6.42 Å². The first-order valence-electron chi connectivity index (χ1n) is 6.31. The third-order valence-corrected chi connectivity index (χ3v) is 2.56. The van der Waals surface area contributed by atoms with Crippen LogP contribution in [0.3, 0.4) is 0 Å². The zero-order valence-electron chi connectivity index (χ0n) is 12.5. The Labute approximate surface area is 123 Å². The van der Waals surface area contributed by atoms with Crippen molar-refractivity contribution in [2.45, 2.75) is 13.3 Å². The largest absolute Gasteiger partial charge is 0.493 e. The van der Waals surface area contributed by atoms with Crippen molar-refractivity contribution in [3.63, 3.8) is 0 Å². The van der Waals surface area contributed by atoms with Gasteiger partial charge in [-0.1, -0.05) is 0 Å². The van der Waals surface area contributed by atoms with E-state index in [9.17, 15) is 9.59 Å². The van der Waals surface area contributed by atoms with Crippen molar-refractivity contribution in [1.29, 1.82) is 0 Å². The Morgan fingerprint density at radius 1 is 1.05 bits per heavy atom. The van der Waals surface area contributed by atoms with Crippen LogP contribution in [-0.4, -0.2) is 39.8 Å². The highest BCUT2D eigenvalue weighted by atomic mass is 16.5. The summed E-state index contributed by atoms with van der Waals surface area (Å²) in [4.78, 5) is 23.0. The van der Waals surface area contributed by atoms with Crippen molar-refractivity contribution < 1.29 is 28.5 Å². The maximum atomic E-state index is 11.7. The molecule has 0 atom stereocenters. The minimum absolute atomic E-state index is 0.232. The van der Waals surface area contributed by atoms with Crippen molar-refractivity contribution >= 4 is 17.6 Å². The number of methoxy groups -OCH3 is 3. The topological polar surface area (TPSA) is 83.1 Å². The molecule has 0 heterocycles. The molecule has 0 unspecified atom stereocenters. The number of anilines is 1. The first-order valence-corrected chi connectivity index (χ1v) is 6.31. The van der Waals surface area contributed by atoms with Crippen LogP contribution in [0, 0.1) is 0 Å². The zero-order chi connectivity index (χ0) is 15.8. The van der Waals surface area contributed by atoms with E-state index < -0.39 is 11.9 Å². The van der Waals surface area contributed by atoms with Gasteiger partial charge in [-0.2, -0.15) is 0 Å². The Morgan fingerprint density at radius 3 is 2.05 bits per heavy atom. The second-order valence-electron chi connectivity index (χ2n) is 3.94. The summed E-state index contributed by atoms with van der Waals surface area (Å²) in [6.07, 6.45) is -0.357. The van der Waals surface area contributed by atoms with Gasteiger partial charge in [0, 0.05) is 17.8 Å². The summed E-state index contributed by atoms with van der Waals surface area (Å²) in [6, 6.07) is 3.15. The zero-order valence-corrected chi connectivity index (χ0v) is 12.5. The number of hydrogen-bond donors (Lipinski definition) is 1. The van der Waals surface area contributed by atoms with E-state index in [1.165, 1.54) is 21.3 Å². The van der Waals surface area contributed by atoms with Crippen molar-refractivity contribution in [3.8, 4) is 17.2 Å². The fraction of sp³-hybridized carbons (Fsp3) is 0.429. The highest BCUT2D eigenvalue weighted by Gasteiger charge is 2.16. The molecule has 116 valence electrons. The molecule has 0 saturated heterocycles. The Bertz CT molecular complexity index is 489. The predicted molar refractivity (Wildman–Crippen MR) is 76.0 cm³/mol. The Morgan fingerprint density at radius 2 is 1.62 bits per heavy atom. The van der Waals surface area contributed by atoms with Crippen molar-refractivity contribution in [2.24, 2.45) is 0 Å². The summed E-state index contributed by atoms with van der Waals surface area (Å²) >= 11 is 0. The van der Waals surface area contributed by atoms with Crippen molar-refractivity contribution in [2.75, 3.05) is 33.3 Å². The van der Waals surface area contributed by atoms with Crippen LogP contribution in [0.5, 0.6) is 17.2 Å². The summed E-state index contributed by atoms with van der Waals surface area (Å²) in [5.74, 6) is 0.167.